The summed E-state index contributed by atoms with van der Waals surface area (Å²) in [7, 11) is 1.90. The average molecular weight is 415 g/mol. The highest BCUT2D eigenvalue weighted by Crippen LogP contribution is 2.29. The van der Waals surface area contributed by atoms with E-state index in [0.29, 0.717) is 0 Å². The fourth-order valence-electron chi connectivity index (χ4n) is 2.03. The zero-order valence-electron chi connectivity index (χ0n) is 12.1. The van der Waals surface area contributed by atoms with Gasteiger partial charge in [-0.15, -0.1) is 0 Å². The molecular formula is C15H17Br2N3O. The topological polar surface area (TPSA) is 47.0 Å². The van der Waals surface area contributed by atoms with Gasteiger partial charge < -0.3 is 10.1 Å². The maximum atomic E-state index is 5.70. The van der Waals surface area contributed by atoms with Crippen LogP contribution in [-0.2, 0) is 0 Å². The van der Waals surface area contributed by atoms with Gasteiger partial charge in [-0.3, -0.25) is 9.97 Å². The summed E-state index contributed by atoms with van der Waals surface area (Å²) in [6, 6.07) is 3.91. The molecule has 0 saturated carbocycles. The molecule has 0 fully saturated rings. The highest BCUT2D eigenvalue weighted by Gasteiger charge is 2.18. The minimum Gasteiger partial charge on any atom is -0.489 e. The van der Waals surface area contributed by atoms with E-state index >= 15 is 0 Å². The van der Waals surface area contributed by atoms with E-state index in [9.17, 15) is 0 Å². The highest BCUT2D eigenvalue weighted by molar-refractivity contribution is 9.11. The summed E-state index contributed by atoms with van der Waals surface area (Å²) in [6.45, 7) is 3.99. The molecule has 1 atom stereocenters. The largest absolute Gasteiger partial charge is 0.489 e. The molecule has 1 N–H and O–H groups in total. The van der Waals surface area contributed by atoms with Crippen LogP contribution >= 0.6 is 31.9 Å². The van der Waals surface area contributed by atoms with Crippen LogP contribution in [0.2, 0.25) is 0 Å². The van der Waals surface area contributed by atoms with Crippen LogP contribution in [0.4, 0.5) is 0 Å². The zero-order valence-corrected chi connectivity index (χ0v) is 15.3. The second-order valence-electron chi connectivity index (χ2n) is 4.86. The van der Waals surface area contributed by atoms with Crippen LogP contribution in [0, 0.1) is 0 Å². The van der Waals surface area contributed by atoms with Crippen molar-refractivity contribution in [2.75, 3.05) is 7.05 Å². The van der Waals surface area contributed by atoms with Crippen molar-refractivity contribution in [3.05, 3.63) is 50.9 Å². The van der Waals surface area contributed by atoms with Crippen LogP contribution in [0.5, 0.6) is 5.75 Å². The zero-order chi connectivity index (χ0) is 15.4. The monoisotopic (exact) mass is 413 g/mol. The number of hydrogen-bond donors (Lipinski definition) is 1. The van der Waals surface area contributed by atoms with Gasteiger partial charge in [-0.2, -0.15) is 0 Å². The van der Waals surface area contributed by atoms with Gasteiger partial charge >= 0.3 is 0 Å². The molecule has 2 aromatic rings. The summed E-state index contributed by atoms with van der Waals surface area (Å²) >= 11 is 6.98. The summed E-state index contributed by atoms with van der Waals surface area (Å²) in [5.41, 5.74) is 1.91. The van der Waals surface area contributed by atoms with Crippen LogP contribution in [0.25, 0.3) is 0 Å². The summed E-state index contributed by atoms with van der Waals surface area (Å²) < 4.78 is 7.57. The third kappa shape index (κ3) is 4.25. The highest BCUT2D eigenvalue weighted by atomic mass is 79.9. The SMILES string of the molecule is CNC(c1cncc(OC(C)C)c1)c1ncc(Br)cc1Br. The van der Waals surface area contributed by atoms with Crippen molar-refractivity contribution in [1.82, 2.24) is 15.3 Å². The normalized spacial score (nSPS) is 12.5. The molecule has 2 aromatic heterocycles. The van der Waals surface area contributed by atoms with Crippen molar-refractivity contribution < 1.29 is 4.74 Å². The molecule has 112 valence electrons. The fourth-order valence-corrected chi connectivity index (χ4v) is 3.25. The maximum absolute atomic E-state index is 5.70. The summed E-state index contributed by atoms with van der Waals surface area (Å²) in [4.78, 5) is 8.75. The number of nitrogens with zero attached hydrogens (tertiary/aromatic N) is 2. The molecule has 0 bridgehead atoms. The lowest BCUT2D eigenvalue weighted by Gasteiger charge is -2.18. The lowest BCUT2D eigenvalue weighted by atomic mass is 10.1. The van der Waals surface area contributed by atoms with Gasteiger partial charge in [0.2, 0.25) is 0 Å². The van der Waals surface area contributed by atoms with Gasteiger partial charge in [-0.1, -0.05) is 0 Å². The Balaban J connectivity index is 2.37. The van der Waals surface area contributed by atoms with Crippen molar-refractivity contribution in [2.45, 2.75) is 26.0 Å². The molecular weight excluding hydrogens is 398 g/mol. The first-order valence-corrected chi connectivity index (χ1v) is 8.19. The predicted molar refractivity (Wildman–Crippen MR) is 90.5 cm³/mol. The lowest BCUT2D eigenvalue weighted by molar-refractivity contribution is 0.241. The van der Waals surface area contributed by atoms with E-state index in [0.717, 1.165) is 26.0 Å². The first kappa shape index (κ1) is 16.4. The maximum Gasteiger partial charge on any atom is 0.138 e. The summed E-state index contributed by atoms with van der Waals surface area (Å²) in [6.07, 6.45) is 5.45. The van der Waals surface area contributed by atoms with Crippen molar-refractivity contribution in [3.63, 3.8) is 0 Å². The number of nitrogens with one attached hydrogen (secondary N) is 1. The molecule has 0 amide bonds. The lowest BCUT2D eigenvalue weighted by Crippen LogP contribution is -2.20. The van der Waals surface area contributed by atoms with Crippen LogP contribution in [0.1, 0.15) is 31.1 Å². The second-order valence-corrected chi connectivity index (χ2v) is 6.63. The molecule has 2 heterocycles. The molecule has 1 unspecified atom stereocenters. The minimum atomic E-state index is -0.0595. The Morgan fingerprint density at radius 2 is 1.90 bits per heavy atom. The summed E-state index contributed by atoms with van der Waals surface area (Å²) in [5, 5.41) is 3.27. The van der Waals surface area contributed by atoms with E-state index in [4.69, 9.17) is 4.74 Å². The second kappa shape index (κ2) is 7.33. The van der Waals surface area contributed by atoms with Crippen molar-refractivity contribution in [1.29, 1.82) is 0 Å². The van der Waals surface area contributed by atoms with Gasteiger partial charge in [0.05, 0.1) is 24.0 Å². The van der Waals surface area contributed by atoms with Crippen LogP contribution in [0.3, 0.4) is 0 Å². The Hall–Kier alpha value is -0.980. The standard InChI is InChI=1S/C15H17Br2N3O/c1-9(2)21-12-4-10(6-19-8-12)14(18-3)15-13(17)5-11(16)7-20-15/h4-9,14,18H,1-3H3. The van der Waals surface area contributed by atoms with E-state index in [2.05, 4.69) is 47.1 Å². The number of pyridine rings is 2. The molecule has 4 nitrogen and oxygen atoms in total. The first-order chi connectivity index (χ1) is 10.0. The van der Waals surface area contributed by atoms with Crippen LogP contribution in [-0.4, -0.2) is 23.1 Å². The van der Waals surface area contributed by atoms with E-state index in [1.54, 1.807) is 12.4 Å². The smallest absolute Gasteiger partial charge is 0.138 e. The number of ether oxygens (including phenoxy) is 1. The van der Waals surface area contributed by atoms with Crippen LogP contribution < -0.4 is 10.1 Å². The van der Waals surface area contributed by atoms with E-state index in [1.807, 2.05) is 39.2 Å². The first-order valence-electron chi connectivity index (χ1n) is 6.61. The van der Waals surface area contributed by atoms with Gasteiger partial charge in [-0.05, 0) is 70.5 Å². The molecule has 0 aliphatic heterocycles. The van der Waals surface area contributed by atoms with Crippen LogP contribution in [0.15, 0.2) is 39.7 Å². The molecule has 21 heavy (non-hydrogen) atoms. The third-order valence-corrected chi connectivity index (χ3v) is 3.91. The molecule has 2 rings (SSSR count). The van der Waals surface area contributed by atoms with Gasteiger partial charge in [0, 0.05) is 21.3 Å². The van der Waals surface area contributed by atoms with Gasteiger partial charge in [0.25, 0.3) is 0 Å². The Kier molecular flexibility index (Phi) is 5.72. The third-order valence-electron chi connectivity index (χ3n) is 2.84. The molecule has 0 radical (unpaired) electrons. The fraction of sp³-hybridized carbons (Fsp3) is 0.333. The molecule has 0 spiro atoms. The molecule has 0 aromatic carbocycles. The van der Waals surface area contributed by atoms with Gasteiger partial charge in [0.15, 0.2) is 0 Å². The number of aromatic nitrogens is 2. The van der Waals surface area contributed by atoms with Crippen molar-refractivity contribution in [2.24, 2.45) is 0 Å². The van der Waals surface area contributed by atoms with Gasteiger partial charge in [0.1, 0.15) is 5.75 Å². The Morgan fingerprint density at radius 3 is 2.52 bits per heavy atom. The quantitative estimate of drug-likeness (QED) is 0.799. The Labute approximate surface area is 141 Å². The van der Waals surface area contributed by atoms with Gasteiger partial charge in [-0.25, -0.2) is 0 Å². The van der Waals surface area contributed by atoms with Crippen molar-refractivity contribution >= 4 is 31.9 Å². The van der Waals surface area contributed by atoms with E-state index < -0.39 is 0 Å². The van der Waals surface area contributed by atoms with E-state index in [-0.39, 0.29) is 12.1 Å². The molecule has 0 aliphatic carbocycles. The number of rotatable bonds is 5. The van der Waals surface area contributed by atoms with Crippen molar-refractivity contribution in [3.8, 4) is 5.75 Å². The van der Waals surface area contributed by atoms with E-state index in [1.165, 1.54) is 0 Å². The molecule has 0 aliphatic rings. The molecule has 6 heteroatoms. The Morgan fingerprint density at radius 1 is 1.14 bits per heavy atom. The number of hydrogen-bond acceptors (Lipinski definition) is 4. The Bertz CT molecular complexity index is 620. The molecule has 0 saturated heterocycles. The average Bonchev–Trinajstić information content (AvgIpc) is 2.41. The minimum absolute atomic E-state index is 0.0595. The summed E-state index contributed by atoms with van der Waals surface area (Å²) in [5.74, 6) is 0.760. The number of halogens is 2. The predicted octanol–water partition coefficient (Wildman–Crippen LogP) is 4.10.